The van der Waals surface area contributed by atoms with Crippen molar-refractivity contribution in [2.24, 2.45) is 0 Å². The molecule has 9 heteroatoms. The van der Waals surface area contributed by atoms with Crippen LogP contribution in [0.15, 0.2) is 36.9 Å². The van der Waals surface area contributed by atoms with Crippen LogP contribution in [0, 0.1) is 3.57 Å². The van der Waals surface area contributed by atoms with E-state index in [1.807, 2.05) is 0 Å². The highest BCUT2D eigenvalue weighted by Gasteiger charge is 2.35. The highest BCUT2D eigenvalue weighted by atomic mass is 127. The van der Waals surface area contributed by atoms with Gasteiger partial charge in [0.2, 0.25) is 0 Å². The number of benzene rings is 1. The maximum Gasteiger partial charge on any atom is 0.167 e. The molecule has 1 aliphatic heterocycles. The Bertz CT molecular complexity index is 901. The zero-order valence-electron chi connectivity index (χ0n) is 13.8. The van der Waals surface area contributed by atoms with E-state index in [9.17, 15) is 10.2 Å². The second-order valence-corrected chi connectivity index (χ2v) is 7.39. The molecule has 3 atom stereocenters. The molecule has 4 rings (SSSR count). The number of nitrogens with zero attached hydrogens (tertiary/aromatic N) is 4. The van der Waals surface area contributed by atoms with Crippen LogP contribution < -0.4 is 5.32 Å². The predicted molar refractivity (Wildman–Crippen MR) is 103 cm³/mol. The number of halogens is 1. The summed E-state index contributed by atoms with van der Waals surface area (Å²) in [5.41, 5.74) is 2.41. The maximum absolute atomic E-state index is 9.95. The summed E-state index contributed by atoms with van der Waals surface area (Å²) >= 11 is 2.28. The fraction of sp³-hybridized carbons (Fsp3) is 0.353. The maximum atomic E-state index is 9.95. The van der Waals surface area contributed by atoms with Gasteiger partial charge in [-0.15, -0.1) is 0 Å². The minimum absolute atomic E-state index is 0.220. The number of rotatable bonds is 5. The lowest BCUT2D eigenvalue weighted by molar-refractivity contribution is -0.0432. The molecule has 0 unspecified atom stereocenters. The van der Waals surface area contributed by atoms with Crippen LogP contribution >= 0.6 is 22.6 Å². The van der Waals surface area contributed by atoms with E-state index in [0.29, 0.717) is 29.9 Å². The van der Waals surface area contributed by atoms with Gasteiger partial charge in [-0.25, -0.2) is 15.0 Å². The first-order valence-electron chi connectivity index (χ1n) is 8.26. The summed E-state index contributed by atoms with van der Waals surface area (Å²) in [5.74, 6) is 0.643. The Morgan fingerprint density at radius 3 is 2.77 bits per heavy atom. The first-order chi connectivity index (χ1) is 12.7. The number of aliphatic hydroxyl groups is 2. The molecule has 8 nitrogen and oxygen atoms in total. The van der Waals surface area contributed by atoms with E-state index in [-0.39, 0.29) is 6.61 Å². The molecular formula is C17H18IN5O3. The molecule has 3 heterocycles. The molecule has 1 fully saturated rings. The fourth-order valence-corrected chi connectivity index (χ4v) is 3.39. The topological polar surface area (TPSA) is 105 Å². The van der Waals surface area contributed by atoms with Crippen LogP contribution in [0.5, 0.6) is 0 Å². The number of imidazole rings is 1. The van der Waals surface area contributed by atoms with Gasteiger partial charge in [0.1, 0.15) is 18.7 Å². The Labute approximate surface area is 163 Å². The van der Waals surface area contributed by atoms with E-state index in [0.717, 1.165) is 5.56 Å². The van der Waals surface area contributed by atoms with Gasteiger partial charge in [-0.2, -0.15) is 0 Å². The van der Waals surface area contributed by atoms with Gasteiger partial charge in [-0.1, -0.05) is 12.1 Å². The predicted octanol–water partition coefficient (Wildman–Crippen LogP) is 1.68. The van der Waals surface area contributed by atoms with Crippen molar-refractivity contribution in [3.8, 4) is 0 Å². The molecule has 26 heavy (non-hydrogen) atoms. The number of aromatic nitrogens is 4. The van der Waals surface area contributed by atoms with E-state index in [1.54, 1.807) is 10.9 Å². The summed E-state index contributed by atoms with van der Waals surface area (Å²) in [6.07, 6.45) is 1.79. The van der Waals surface area contributed by atoms with Crippen molar-refractivity contribution >= 4 is 39.6 Å². The lowest BCUT2D eigenvalue weighted by Gasteiger charge is -2.13. The number of nitrogens with one attached hydrogen (secondary N) is 1. The van der Waals surface area contributed by atoms with Crippen LogP contribution in [0.3, 0.4) is 0 Å². The second-order valence-electron chi connectivity index (χ2n) is 6.14. The Morgan fingerprint density at radius 2 is 2.04 bits per heavy atom. The van der Waals surface area contributed by atoms with Crippen molar-refractivity contribution in [1.82, 2.24) is 19.5 Å². The second kappa shape index (κ2) is 7.43. The monoisotopic (exact) mass is 467 g/mol. The molecule has 0 saturated carbocycles. The largest absolute Gasteiger partial charge is 0.394 e. The van der Waals surface area contributed by atoms with Gasteiger partial charge in [-0.05, 0) is 40.3 Å². The zero-order chi connectivity index (χ0) is 18.1. The lowest BCUT2D eigenvalue weighted by Crippen LogP contribution is -2.24. The lowest BCUT2D eigenvalue weighted by atomic mass is 10.2. The first-order valence-corrected chi connectivity index (χ1v) is 9.34. The van der Waals surface area contributed by atoms with Gasteiger partial charge in [0.05, 0.1) is 19.0 Å². The Balaban J connectivity index is 1.56. The highest BCUT2D eigenvalue weighted by Crippen LogP contribution is 2.31. The van der Waals surface area contributed by atoms with Crippen LogP contribution in [0.4, 0.5) is 5.82 Å². The van der Waals surface area contributed by atoms with E-state index in [1.165, 1.54) is 9.90 Å². The summed E-state index contributed by atoms with van der Waals surface area (Å²) in [5, 5.41) is 22.5. The number of aliphatic hydroxyl groups excluding tert-OH is 2. The summed E-state index contributed by atoms with van der Waals surface area (Å²) in [4.78, 5) is 13.0. The van der Waals surface area contributed by atoms with Gasteiger partial charge in [0.15, 0.2) is 17.0 Å². The minimum atomic E-state index is -0.706. The molecule has 2 aromatic heterocycles. The number of ether oxygens (including phenoxy) is 1. The van der Waals surface area contributed by atoms with Crippen LogP contribution in [-0.4, -0.2) is 48.5 Å². The molecule has 0 aliphatic carbocycles. The molecule has 1 aliphatic rings. The molecule has 1 aromatic carbocycles. The van der Waals surface area contributed by atoms with Gasteiger partial charge < -0.3 is 20.3 Å². The quantitative estimate of drug-likeness (QED) is 0.491. The third-order valence-electron chi connectivity index (χ3n) is 4.43. The Morgan fingerprint density at radius 1 is 1.23 bits per heavy atom. The molecule has 0 bridgehead atoms. The van der Waals surface area contributed by atoms with E-state index < -0.39 is 18.4 Å². The van der Waals surface area contributed by atoms with E-state index in [2.05, 4.69) is 67.1 Å². The average Bonchev–Trinajstić information content (AvgIpc) is 3.24. The summed E-state index contributed by atoms with van der Waals surface area (Å²) in [6, 6.07) is 8.24. The third-order valence-corrected chi connectivity index (χ3v) is 5.15. The van der Waals surface area contributed by atoms with Gasteiger partial charge in [0, 0.05) is 16.5 Å². The Hall–Kier alpha value is -1.82. The average molecular weight is 467 g/mol. The normalized spacial score (nSPS) is 22.8. The Kier molecular flexibility index (Phi) is 5.02. The molecule has 0 radical (unpaired) electrons. The summed E-state index contributed by atoms with van der Waals surface area (Å²) in [6.45, 7) is 0.406. The molecule has 3 aromatic rings. The minimum Gasteiger partial charge on any atom is -0.394 e. The number of hydrogen-bond donors (Lipinski definition) is 3. The molecule has 0 spiro atoms. The SMILES string of the molecule is OC[C@H]1O[C@@H](n2cnc3c(NCc4ccc(I)cc4)ncnc32)C[C@@H]1O. The molecular weight excluding hydrogens is 449 g/mol. The zero-order valence-corrected chi connectivity index (χ0v) is 15.9. The van der Waals surface area contributed by atoms with Crippen molar-refractivity contribution in [3.63, 3.8) is 0 Å². The van der Waals surface area contributed by atoms with E-state index in [4.69, 9.17) is 4.74 Å². The van der Waals surface area contributed by atoms with Crippen molar-refractivity contribution < 1.29 is 14.9 Å². The molecule has 3 N–H and O–H groups in total. The third kappa shape index (κ3) is 3.39. The fourth-order valence-electron chi connectivity index (χ4n) is 3.03. The van der Waals surface area contributed by atoms with Crippen LogP contribution in [-0.2, 0) is 11.3 Å². The van der Waals surface area contributed by atoms with Crippen LogP contribution in [0.2, 0.25) is 0 Å². The van der Waals surface area contributed by atoms with Gasteiger partial charge in [0.25, 0.3) is 0 Å². The molecule has 1 saturated heterocycles. The molecule has 136 valence electrons. The number of hydrogen-bond acceptors (Lipinski definition) is 7. The van der Waals surface area contributed by atoms with Crippen molar-refractivity contribution in [2.45, 2.75) is 31.4 Å². The van der Waals surface area contributed by atoms with Crippen LogP contribution in [0.1, 0.15) is 18.2 Å². The van der Waals surface area contributed by atoms with Crippen molar-refractivity contribution in [1.29, 1.82) is 0 Å². The smallest absolute Gasteiger partial charge is 0.167 e. The van der Waals surface area contributed by atoms with Crippen LogP contribution in [0.25, 0.3) is 11.2 Å². The summed E-state index contributed by atoms with van der Waals surface area (Å²) < 4.78 is 8.66. The highest BCUT2D eigenvalue weighted by molar-refractivity contribution is 14.1. The summed E-state index contributed by atoms with van der Waals surface area (Å²) in [7, 11) is 0. The van der Waals surface area contributed by atoms with Gasteiger partial charge >= 0.3 is 0 Å². The van der Waals surface area contributed by atoms with E-state index >= 15 is 0 Å². The van der Waals surface area contributed by atoms with Crippen molar-refractivity contribution in [3.05, 3.63) is 46.1 Å². The van der Waals surface area contributed by atoms with Crippen molar-refractivity contribution in [2.75, 3.05) is 11.9 Å². The standard InChI is InChI=1S/C17H18IN5O3/c18-11-3-1-10(2-4-11)6-19-16-15-17(21-8-20-16)23(9-22-15)14-5-12(25)13(7-24)26-14/h1-4,8-9,12-14,24-25H,5-7H2,(H,19,20,21)/t12-,13+,14+/m0/s1. The first kappa shape index (κ1) is 17.6. The number of fused-ring (bicyclic) bond motifs is 1. The molecule has 0 amide bonds. The van der Waals surface area contributed by atoms with Gasteiger partial charge in [-0.3, -0.25) is 4.57 Å². The number of anilines is 1.